The molecule has 0 atom stereocenters. The van der Waals surface area contributed by atoms with E-state index in [4.69, 9.17) is 15.6 Å². The van der Waals surface area contributed by atoms with Crippen LogP contribution in [0.4, 0.5) is 5.69 Å². The van der Waals surface area contributed by atoms with E-state index in [1.54, 1.807) is 12.0 Å². The Morgan fingerprint density at radius 2 is 2.11 bits per heavy atom. The van der Waals surface area contributed by atoms with Crippen LogP contribution in [-0.4, -0.2) is 49.3 Å². The van der Waals surface area contributed by atoms with Crippen LogP contribution < -0.4 is 5.73 Å². The molecule has 0 aliphatic rings. The Morgan fingerprint density at radius 3 is 2.74 bits per heavy atom. The molecule has 0 aliphatic heterocycles. The van der Waals surface area contributed by atoms with E-state index in [1.807, 2.05) is 24.3 Å². The Balaban J connectivity index is 2.50. The molecule has 0 saturated heterocycles. The van der Waals surface area contributed by atoms with Gasteiger partial charge in [0.25, 0.3) is 0 Å². The van der Waals surface area contributed by atoms with E-state index in [9.17, 15) is 4.79 Å². The summed E-state index contributed by atoms with van der Waals surface area (Å²) in [5, 5.41) is 8.96. The number of ether oxygens (including phenoxy) is 1. The largest absolute Gasteiger partial charge is 0.399 e. The zero-order valence-electron chi connectivity index (χ0n) is 11.3. The summed E-state index contributed by atoms with van der Waals surface area (Å²) in [6.07, 6.45) is 0.998. The Labute approximate surface area is 114 Å². The third-order valence-electron chi connectivity index (χ3n) is 2.95. The molecule has 1 amide bonds. The van der Waals surface area contributed by atoms with Crippen LogP contribution in [0.1, 0.15) is 12.0 Å². The molecule has 0 unspecified atom stereocenters. The van der Waals surface area contributed by atoms with Gasteiger partial charge >= 0.3 is 0 Å². The number of carbonyl (C=O) groups is 1. The van der Waals surface area contributed by atoms with E-state index in [0.717, 1.165) is 5.56 Å². The number of methoxy groups -OCH3 is 1. The Hall–Kier alpha value is -1.59. The van der Waals surface area contributed by atoms with Crippen LogP contribution >= 0.6 is 0 Å². The zero-order chi connectivity index (χ0) is 14.1. The van der Waals surface area contributed by atoms with Crippen molar-refractivity contribution in [3.63, 3.8) is 0 Å². The maximum atomic E-state index is 12.0. The monoisotopic (exact) mass is 266 g/mol. The Morgan fingerprint density at radius 1 is 1.37 bits per heavy atom. The molecule has 0 saturated carbocycles. The van der Waals surface area contributed by atoms with E-state index < -0.39 is 0 Å². The van der Waals surface area contributed by atoms with Gasteiger partial charge < -0.3 is 20.5 Å². The number of amides is 1. The summed E-state index contributed by atoms with van der Waals surface area (Å²) in [4.78, 5) is 13.7. The maximum Gasteiger partial charge on any atom is 0.223 e. The lowest BCUT2D eigenvalue weighted by Gasteiger charge is -2.21. The number of rotatable bonds is 8. The normalized spacial score (nSPS) is 10.4. The average Bonchev–Trinajstić information content (AvgIpc) is 2.42. The molecule has 0 heterocycles. The van der Waals surface area contributed by atoms with Crippen molar-refractivity contribution in [1.29, 1.82) is 0 Å². The second-order valence-electron chi connectivity index (χ2n) is 4.30. The zero-order valence-corrected chi connectivity index (χ0v) is 11.3. The Bertz CT molecular complexity index is 396. The molecule has 0 spiro atoms. The summed E-state index contributed by atoms with van der Waals surface area (Å²) >= 11 is 0. The highest BCUT2D eigenvalue weighted by atomic mass is 16.5. The molecule has 1 rings (SSSR count). The van der Waals surface area contributed by atoms with Gasteiger partial charge in [-0.05, 0) is 18.1 Å². The van der Waals surface area contributed by atoms with Crippen LogP contribution in [0, 0.1) is 0 Å². The quantitative estimate of drug-likeness (QED) is 0.678. The summed E-state index contributed by atoms with van der Waals surface area (Å²) in [6.45, 7) is 1.27. The highest BCUT2D eigenvalue weighted by molar-refractivity contribution is 5.76. The predicted molar refractivity (Wildman–Crippen MR) is 74.7 cm³/mol. The van der Waals surface area contributed by atoms with Gasteiger partial charge in [-0.2, -0.15) is 0 Å². The molecule has 0 aromatic heterocycles. The van der Waals surface area contributed by atoms with Gasteiger partial charge in [0.15, 0.2) is 0 Å². The van der Waals surface area contributed by atoms with Crippen molar-refractivity contribution in [3.05, 3.63) is 29.8 Å². The lowest BCUT2D eigenvalue weighted by Crippen LogP contribution is -2.36. The summed E-state index contributed by atoms with van der Waals surface area (Å²) in [5.74, 6) is 0.00866. The van der Waals surface area contributed by atoms with Crippen LogP contribution in [-0.2, 0) is 16.0 Å². The number of aliphatic hydroxyl groups excluding tert-OH is 1. The predicted octanol–water partition coefficient (Wildman–Crippen LogP) is 0.669. The van der Waals surface area contributed by atoms with Gasteiger partial charge in [-0.1, -0.05) is 18.2 Å². The van der Waals surface area contributed by atoms with Crippen LogP contribution in [0.5, 0.6) is 0 Å². The molecular weight excluding hydrogens is 244 g/mol. The molecule has 106 valence electrons. The second-order valence-corrected chi connectivity index (χ2v) is 4.30. The molecule has 3 N–H and O–H groups in total. The lowest BCUT2D eigenvalue weighted by atomic mass is 10.1. The number of anilines is 1. The highest BCUT2D eigenvalue weighted by Crippen LogP contribution is 2.13. The van der Waals surface area contributed by atoms with E-state index >= 15 is 0 Å². The SMILES string of the molecule is COCCN(CCO)C(=O)CCc1ccccc1N. The van der Waals surface area contributed by atoms with Gasteiger partial charge in [0.1, 0.15) is 0 Å². The van der Waals surface area contributed by atoms with Gasteiger partial charge in [-0.3, -0.25) is 4.79 Å². The highest BCUT2D eigenvalue weighted by Gasteiger charge is 2.13. The first-order chi connectivity index (χ1) is 9.19. The Kier molecular flexibility index (Phi) is 6.92. The number of nitrogen functional groups attached to an aromatic ring is 1. The van der Waals surface area contributed by atoms with Crippen molar-refractivity contribution < 1.29 is 14.6 Å². The van der Waals surface area contributed by atoms with Crippen molar-refractivity contribution in [2.24, 2.45) is 0 Å². The molecule has 5 heteroatoms. The maximum absolute atomic E-state index is 12.0. The molecule has 0 radical (unpaired) electrons. The van der Waals surface area contributed by atoms with Crippen molar-refractivity contribution in [3.8, 4) is 0 Å². The van der Waals surface area contributed by atoms with Crippen LogP contribution in [0.3, 0.4) is 0 Å². The number of benzene rings is 1. The van der Waals surface area contributed by atoms with Crippen molar-refractivity contribution in [2.45, 2.75) is 12.8 Å². The van der Waals surface area contributed by atoms with Gasteiger partial charge in [0.05, 0.1) is 13.2 Å². The minimum absolute atomic E-state index is 0.00866. The number of nitrogens with zero attached hydrogens (tertiary/aromatic N) is 1. The summed E-state index contributed by atoms with van der Waals surface area (Å²) in [6, 6.07) is 7.54. The summed E-state index contributed by atoms with van der Waals surface area (Å²) in [7, 11) is 1.59. The number of aliphatic hydroxyl groups is 1. The van der Waals surface area contributed by atoms with E-state index in [0.29, 0.717) is 38.2 Å². The number of para-hydroxylation sites is 1. The first kappa shape index (κ1) is 15.5. The minimum Gasteiger partial charge on any atom is -0.399 e. The minimum atomic E-state index is -0.0388. The average molecular weight is 266 g/mol. The fraction of sp³-hybridized carbons (Fsp3) is 0.500. The van der Waals surface area contributed by atoms with Gasteiger partial charge in [0.2, 0.25) is 5.91 Å². The fourth-order valence-electron chi connectivity index (χ4n) is 1.84. The topological polar surface area (TPSA) is 75.8 Å². The van der Waals surface area contributed by atoms with Crippen molar-refractivity contribution in [1.82, 2.24) is 4.90 Å². The number of hydrogen-bond donors (Lipinski definition) is 2. The number of carbonyl (C=O) groups excluding carboxylic acids is 1. The van der Waals surface area contributed by atoms with Gasteiger partial charge in [-0.25, -0.2) is 0 Å². The van der Waals surface area contributed by atoms with Crippen molar-refractivity contribution in [2.75, 3.05) is 39.1 Å². The van der Waals surface area contributed by atoms with Crippen LogP contribution in [0.2, 0.25) is 0 Å². The standard InChI is InChI=1S/C14H22N2O3/c1-19-11-9-16(8-10-17)14(18)7-6-12-4-2-3-5-13(12)15/h2-5,17H,6-11,15H2,1H3. The van der Waals surface area contributed by atoms with Gasteiger partial charge in [0, 0.05) is 32.3 Å². The number of hydrogen-bond acceptors (Lipinski definition) is 4. The third-order valence-corrected chi connectivity index (χ3v) is 2.95. The van der Waals surface area contributed by atoms with Crippen LogP contribution in [0.15, 0.2) is 24.3 Å². The molecule has 19 heavy (non-hydrogen) atoms. The van der Waals surface area contributed by atoms with E-state index in [2.05, 4.69) is 0 Å². The molecule has 0 bridgehead atoms. The van der Waals surface area contributed by atoms with E-state index in [1.165, 1.54) is 0 Å². The number of aryl methyl sites for hydroxylation is 1. The molecule has 0 fully saturated rings. The van der Waals surface area contributed by atoms with Crippen molar-refractivity contribution >= 4 is 11.6 Å². The molecule has 5 nitrogen and oxygen atoms in total. The molecule has 1 aromatic rings. The second kappa shape index (κ2) is 8.50. The summed E-state index contributed by atoms with van der Waals surface area (Å²) in [5.41, 5.74) is 7.52. The summed E-state index contributed by atoms with van der Waals surface area (Å²) < 4.78 is 4.96. The van der Waals surface area contributed by atoms with Gasteiger partial charge in [-0.15, -0.1) is 0 Å². The smallest absolute Gasteiger partial charge is 0.223 e. The first-order valence-electron chi connectivity index (χ1n) is 6.40. The number of nitrogens with two attached hydrogens (primary N) is 1. The fourth-order valence-corrected chi connectivity index (χ4v) is 1.84. The van der Waals surface area contributed by atoms with Crippen LogP contribution in [0.25, 0.3) is 0 Å². The lowest BCUT2D eigenvalue weighted by molar-refractivity contribution is -0.132. The first-order valence-corrected chi connectivity index (χ1v) is 6.40. The van der Waals surface area contributed by atoms with E-state index in [-0.39, 0.29) is 12.5 Å². The molecule has 0 aliphatic carbocycles. The third kappa shape index (κ3) is 5.28. The molecule has 1 aromatic carbocycles. The molecular formula is C14H22N2O3.